The summed E-state index contributed by atoms with van der Waals surface area (Å²) in [5.41, 5.74) is -0.108. The SMILES string of the molecule is CC1(C)CNCCC1NCC(F)(F)F. The van der Waals surface area contributed by atoms with Crippen molar-refractivity contribution in [2.24, 2.45) is 5.41 Å². The molecule has 1 saturated heterocycles. The van der Waals surface area contributed by atoms with E-state index in [4.69, 9.17) is 0 Å². The summed E-state index contributed by atoms with van der Waals surface area (Å²) >= 11 is 0. The molecule has 1 rings (SSSR count). The number of hydrogen-bond acceptors (Lipinski definition) is 2. The Morgan fingerprint density at radius 1 is 1.43 bits per heavy atom. The minimum absolute atomic E-state index is 0.0506. The van der Waals surface area contributed by atoms with Gasteiger partial charge in [-0.25, -0.2) is 0 Å². The van der Waals surface area contributed by atoms with Crippen LogP contribution in [0.3, 0.4) is 0 Å². The highest BCUT2D eigenvalue weighted by Gasteiger charge is 2.35. The highest BCUT2D eigenvalue weighted by atomic mass is 19.4. The van der Waals surface area contributed by atoms with Gasteiger partial charge in [0.2, 0.25) is 0 Å². The Kier molecular flexibility index (Phi) is 3.42. The monoisotopic (exact) mass is 210 g/mol. The lowest BCUT2D eigenvalue weighted by atomic mass is 9.80. The molecule has 1 aliphatic heterocycles. The van der Waals surface area contributed by atoms with Crippen LogP contribution >= 0.6 is 0 Å². The van der Waals surface area contributed by atoms with Crippen LogP contribution in [0.15, 0.2) is 0 Å². The van der Waals surface area contributed by atoms with Crippen molar-refractivity contribution in [2.75, 3.05) is 19.6 Å². The number of rotatable bonds is 2. The predicted molar refractivity (Wildman–Crippen MR) is 49.1 cm³/mol. The zero-order valence-electron chi connectivity index (χ0n) is 8.54. The van der Waals surface area contributed by atoms with Crippen molar-refractivity contribution in [2.45, 2.75) is 32.5 Å². The molecule has 0 saturated carbocycles. The first kappa shape index (κ1) is 11.8. The van der Waals surface area contributed by atoms with E-state index in [2.05, 4.69) is 10.6 Å². The molecule has 0 aromatic carbocycles. The summed E-state index contributed by atoms with van der Waals surface area (Å²) in [6, 6.07) is -0.0506. The van der Waals surface area contributed by atoms with Gasteiger partial charge in [0.1, 0.15) is 0 Å². The Balaban J connectivity index is 2.42. The van der Waals surface area contributed by atoms with E-state index in [0.29, 0.717) is 0 Å². The van der Waals surface area contributed by atoms with Crippen LogP contribution in [-0.4, -0.2) is 31.9 Å². The Hall–Kier alpha value is -0.290. The molecule has 0 bridgehead atoms. The molecule has 0 aromatic rings. The highest BCUT2D eigenvalue weighted by molar-refractivity contribution is 4.90. The number of nitrogens with one attached hydrogen (secondary N) is 2. The molecule has 5 heteroatoms. The quantitative estimate of drug-likeness (QED) is 0.722. The topological polar surface area (TPSA) is 24.1 Å². The Bertz CT molecular complexity index is 189. The Morgan fingerprint density at radius 3 is 2.57 bits per heavy atom. The van der Waals surface area contributed by atoms with E-state index in [0.717, 1.165) is 19.5 Å². The zero-order chi connectivity index (χ0) is 10.8. The maximum absolute atomic E-state index is 12.0. The van der Waals surface area contributed by atoms with Crippen LogP contribution < -0.4 is 10.6 Å². The third kappa shape index (κ3) is 3.46. The maximum atomic E-state index is 12.0. The van der Waals surface area contributed by atoms with Gasteiger partial charge in [-0.05, 0) is 18.4 Å². The molecular weight excluding hydrogens is 193 g/mol. The fourth-order valence-electron chi connectivity index (χ4n) is 1.79. The summed E-state index contributed by atoms with van der Waals surface area (Å²) < 4.78 is 36.0. The fraction of sp³-hybridized carbons (Fsp3) is 1.00. The van der Waals surface area contributed by atoms with Crippen molar-refractivity contribution in [3.63, 3.8) is 0 Å². The number of alkyl halides is 3. The van der Waals surface area contributed by atoms with E-state index in [1.165, 1.54) is 0 Å². The molecule has 84 valence electrons. The minimum atomic E-state index is -4.11. The third-order valence-corrected chi connectivity index (χ3v) is 2.68. The molecule has 14 heavy (non-hydrogen) atoms. The van der Waals surface area contributed by atoms with Crippen molar-refractivity contribution in [3.8, 4) is 0 Å². The summed E-state index contributed by atoms with van der Waals surface area (Å²) in [5.74, 6) is 0. The van der Waals surface area contributed by atoms with Crippen molar-refractivity contribution < 1.29 is 13.2 Å². The van der Waals surface area contributed by atoms with Crippen LogP contribution in [0.1, 0.15) is 20.3 Å². The van der Waals surface area contributed by atoms with Crippen LogP contribution in [0.4, 0.5) is 13.2 Å². The second-order valence-electron chi connectivity index (χ2n) is 4.50. The summed E-state index contributed by atoms with van der Waals surface area (Å²) in [5, 5.41) is 5.77. The van der Waals surface area contributed by atoms with Gasteiger partial charge >= 0.3 is 6.18 Å². The first-order valence-electron chi connectivity index (χ1n) is 4.82. The van der Waals surface area contributed by atoms with E-state index < -0.39 is 12.7 Å². The van der Waals surface area contributed by atoms with Gasteiger partial charge in [0.25, 0.3) is 0 Å². The lowest BCUT2D eigenvalue weighted by molar-refractivity contribution is -0.128. The largest absolute Gasteiger partial charge is 0.401 e. The van der Waals surface area contributed by atoms with Gasteiger partial charge in [-0.2, -0.15) is 13.2 Å². The van der Waals surface area contributed by atoms with Crippen molar-refractivity contribution in [1.82, 2.24) is 10.6 Å². The molecule has 0 amide bonds. The van der Waals surface area contributed by atoms with E-state index in [1.807, 2.05) is 13.8 Å². The fourth-order valence-corrected chi connectivity index (χ4v) is 1.79. The number of halogens is 3. The molecule has 1 atom stereocenters. The molecule has 0 spiro atoms. The van der Waals surface area contributed by atoms with Gasteiger partial charge in [-0.3, -0.25) is 0 Å². The highest BCUT2D eigenvalue weighted by Crippen LogP contribution is 2.25. The van der Waals surface area contributed by atoms with Crippen LogP contribution in [0.5, 0.6) is 0 Å². The Labute approximate surface area is 82.2 Å². The van der Waals surface area contributed by atoms with Crippen molar-refractivity contribution >= 4 is 0 Å². The molecule has 1 heterocycles. The lowest BCUT2D eigenvalue weighted by Gasteiger charge is -2.39. The lowest BCUT2D eigenvalue weighted by Crippen LogP contribution is -2.54. The van der Waals surface area contributed by atoms with Gasteiger partial charge in [0, 0.05) is 12.6 Å². The molecule has 0 aliphatic carbocycles. The molecule has 1 aliphatic rings. The predicted octanol–water partition coefficient (Wildman–Crippen LogP) is 1.53. The second kappa shape index (κ2) is 4.06. The maximum Gasteiger partial charge on any atom is 0.401 e. The summed E-state index contributed by atoms with van der Waals surface area (Å²) in [4.78, 5) is 0. The van der Waals surface area contributed by atoms with E-state index in [1.54, 1.807) is 0 Å². The molecule has 0 radical (unpaired) electrons. The van der Waals surface area contributed by atoms with E-state index in [9.17, 15) is 13.2 Å². The summed E-state index contributed by atoms with van der Waals surface area (Å²) in [6.07, 6.45) is -3.36. The first-order chi connectivity index (χ1) is 6.31. The van der Waals surface area contributed by atoms with Crippen LogP contribution in [-0.2, 0) is 0 Å². The van der Waals surface area contributed by atoms with E-state index in [-0.39, 0.29) is 11.5 Å². The van der Waals surface area contributed by atoms with Crippen LogP contribution in [0.25, 0.3) is 0 Å². The summed E-state index contributed by atoms with van der Waals surface area (Å²) in [7, 11) is 0. The summed E-state index contributed by atoms with van der Waals surface area (Å²) in [6.45, 7) is 4.63. The van der Waals surface area contributed by atoms with Gasteiger partial charge in [-0.15, -0.1) is 0 Å². The van der Waals surface area contributed by atoms with Gasteiger partial charge in [0.15, 0.2) is 0 Å². The van der Waals surface area contributed by atoms with Crippen LogP contribution in [0.2, 0.25) is 0 Å². The zero-order valence-corrected chi connectivity index (χ0v) is 8.54. The van der Waals surface area contributed by atoms with Crippen LogP contribution in [0, 0.1) is 5.41 Å². The minimum Gasteiger partial charge on any atom is -0.316 e. The van der Waals surface area contributed by atoms with Crippen molar-refractivity contribution in [1.29, 1.82) is 0 Å². The molecule has 1 unspecified atom stereocenters. The van der Waals surface area contributed by atoms with Crippen molar-refractivity contribution in [3.05, 3.63) is 0 Å². The third-order valence-electron chi connectivity index (χ3n) is 2.68. The molecule has 2 N–H and O–H groups in total. The van der Waals surface area contributed by atoms with Gasteiger partial charge in [0.05, 0.1) is 6.54 Å². The normalized spacial score (nSPS) is 27.6. The molecular formula is C9H17F3N2. The van der Waals surface area contributed by atoms with Gasteiger partial charge < -0.3 is 10.6 Å². The first-order valence-corrected chi connectivity index (χ1v) is 4.82. The second-order valence-corrected chi connectivity index (χ2v) is 4.50. The molecule has 0 aromatic heterocycles. The number of hydrogen-bond donors (Lipinski definition) is 2. The average molecular weight is 210 g/mol. The molecule has 2 nitrogen and oxygen atoms in total. The molecule has 1 fully saturated rings. The standard InChI is InChI=1S/C9H17F3N2/c1-8(2)5-13-4-3-7(8)14-6-9(10,11)12/h7,13-14H,3-6H2,1-2H3. The number of piperidine rings is 1. The Morgan fingerprint density at radius 2 is 2.07 bits per heavy atom. The van der Waals surface area contributed by atoms with E-state index >= 15 is 0 Å². The smallest absolute Gasteiger partial charge is 0.316 e. The average Bonchev–Trinajstić information content (AvgIpc) is 2.00. The van der Waals surface area contributed by atoms with Gasteiger partial charge in [-0.1, -0.05) is 13.8 Å².